The number of hydrogen-bond acceptors (Lipinski definition) is 4. The molecule has 0 atom stereocenters. The molecule has 0 saturated carbocycles. The van der Waals surface area contributed by atoms with E-state index >= 15 is 0 Å². The second-order valence-electron chi connectivity index (χ2n) is 5.38. The second kappa shape index (κ2) is 5.49. The quantitative estimate of drug-likeness (QED) is 0.926. The molecule has 1 aliphatic rings. The summed E-state index contributed by atoms with van der Waals surface area (Å²) in [6.07, 6.45) is 4.14. The van der Waals surface area contributed by atoms with E-state index in [0.29, 0.717) is 0 Å². The van der Waals surface area contributed by atoms with Gasteiger partial charge in [-0.2, -0.15) is 0 Å². The minimum absolute atomic E-state index is 0.852. The number of nitrogens with zero attached hydrogens (tertiary/aromatic N) is 3. The highest BCUT2D eigenvalue weighted by Gasteiger charge is 2.14. The van der Waals surface area contributed by atoms with Crippen LogP contribution in [0.2, 0.25) is 0 Å². The maximum atomic E-state index is 4.37. The van der Waals surface area contributed by atoms with Gasteiger partial charge in [-0.25, -0.2) is 9.97 Å². The smallest absolute Gasteiger partial charge is 0.135 e. The maximum Gasteiger partial charge on any atom is 0.135 e. The predicted octanol–water partition coefficient (Wildman–Crippen LogP) is 3.44. The number of hydrogen-bond donors (Lipinski definition) is 1. The van der Waals surface area contributed by atoms with Gasteiger partial charge in [-0.3, -0.25) is 0 Å². The zero-order chi connectivity index (χ0) is 13.9. The molecule has 20 heavy (non-hydrogen) atoms. The Morgan fingerprint density at radius 3 is 2.55 bits per heavy atom. The Morgan fingerprint density at radius 2 is 1.80 bits per heavy atom. The molecule has 2 aromatic rings. The lowest BCUT2D eigenvalue weighted by molar-refractivity contribution is 0.928. The maximum absolute atomic E-state index is 4.37. The molecule has 3 rings (SSSR count). The van der Waals surface area contributed by atoms with Gasteiger partial charge in [0.15, 0.2) is 0 Å². The van der Waals surface area contributed by atoms with Crippen molar-refractivity contribution in [2.24, 2.45) is 0 Å². The van der Waals surface area contributed by atoms with Crippen molar-refractivity contribution in [2.45, 2.75) is 26.7 Å². The molecule has 4 heteroatoms. The summed E-state index contributed by atoms with van der Waals surface area (Å²) in [5, 5.41) is 3.36. The van der Waals surface area contributed by atoms with E-state index in [1.54, 1.807) is 6.33 Å². The Morgan fingerprint density at radius 1 is 1.00 bits per heavy atom. The van der Waals surface area contributed by atoms with E-state index in [0.717, 1.165) is 30.4 Å². The molecule has 0 spiro atoms. The number of anilines is 3. The van der Waals surface area contributed by atoms with Crippen LogP contribution in [-0.4, -0.2) is 23.1 Å². The van der Waals surface area contributed by atoms with Crippen LogP contribution in [0.25, 0.3) is 0 Å². The van der Waals surface area contributed by atoms with Gasteiger partial charge in [-0.15, -0.1) is 0 Å². The summed E-state index contributed by atoms with van der Waals surface area (Å²) in [7, 11) is 0. The van der Waals surface area contributed by atoms with E-state index in [9.17, 15) is 0 Å². The van der Waals surface area contributed by atoms with Crippen LogP contribution in [0.1, 0.15) is 24.0 Å². The Kier molecular flexibility index (Phi) is 3.54. The van der Waals surface area contributed by atoms with Gasteiger partial charge in [0.25, 0.3) is 0 Å². The van der Waals surface area contributed by atoms with Gasteiger partial charge in [0.05, 0.1) is 0 Å². The first-order valence-electron chi connectivity index (χ1n) is 7.14. The normalized spacial score (nSPS) is 14.6. The fourth-order valence-corrected chi connectivity index (χ4v) is 2.50. The molecule has 1 fully saturated rings. The van der Waals surface area contributed by atoms with Crippen LogP contribution < -0.4 is 10.2 Å². The molecule has 0 unspecified atom stereocenters. The van der Waals surface area contributed by atoms with E-state index in [-0.39, 0.29) is 0 Å². The van der Waals surface area contributed by atoms with Crippen LogP contribution in [-0.2, 0) is 0 Å². The summed E-state index contributed by atoms with van der Waals surface area (Å²) in [4.78, 5) is 11.0. The third-order valence-corrected chi connectivity index (χ3v) is 3.86. The number of rotatable bonds is 3. The number of aryl methyl sites for hydroxylation is 2. The molecule has 2 heterocycles. The lowest BCUT2D eigenvalue weighted by Gasteiger charge is -2.16. The highest BCUT2D eigenvalue weighted by Crippen LogP contribution is 2.22. The largest absolute Gasteiger partial charge is 0.356 e. The third kappa shape index (κ3) is 2.74. The van der Waals surface area contributed by atoms with E-state index in [4.69, 9.17) is 0 Å². The van der Waals surface area contributed by atoms with Crippen molar-refractivity contribution in [3.63, 3.8) is 0 Å². The SMILES string of the molecule is Cc1ccc(Nc2cc(N3CCCC3)ncn2)cc1C. The highest BCUT2D eigenvalue weighted by atomic mass is 15.2. The van der Waals surface area contributed by atoms with Gasteiger partial charge in [-0.05, 0) is 49.9 Å². The Hall–Kier alpha value is -2.10. The molecular formula is C16H20N4. The molecular weight excluding hydrogens is 248 g/mol. The first kappa shape index (κ1) is 12.9. The van der Waals surface area contributed by atoms with Crippen molar-refractivity contribution >= 4 is 17.3 Å². The van der Waals surface area contributed by atoms with Crippen LogP contribution >= 0.6 is 0 Å². The number of nitrogens with one attached hydrogen (secondary N) is 1. The predicted molar refractivity (Wildman–Crippen MR) is 82.7 cm³/mol. The standard InChI is InChI=1S/C16H20N4/c1-12-5-6-14(9-13(12)2)19-15-10-16(18-11-17-15)20-7-3-4-8-20/h5-6,9-11H,3-4,7-8H2,1-2H3,(H,17,18,19). The summed E-state index contributed by atoms with van der Waals surface area (Å²) in [5.41, 5.74) is 3.65. The second-order valence-corrected chi connectivity index (χ2v) is 5.38. The van der Waals surface area contributed by atoms with Gasteiger partial charge < -0.3 is 10.2 Å². The van der Waals surface area contributed by atoms with Crippen molar-refractivity contribution < 1.29 is 0 Å². The highest BCUT2D eigenvalue weighted by molar-refractivity contribution is 5.60. The van der Waals surface area contributed by atoms with Crippen LogP contribution in [0.5, 0.6) is 0 Å². The van der Waals surface area contributed by atoms with Crippen LogP contribution in [0, 0.1) is 13.8 Å². The monoisotopic (exact) mass is 268 g/mol. The number of aromatic nitrogens is 2. The Balaban J connectivity index is 1.79. The molecule has 0 radical (unpaired) electrons. The lowest BCUT2D eigenvalue weighted by atomic mass is 10.1. The fraction of sp³-hybridized carbons (Fsp3) is 0.375. The molecule has 1 aliphatic heterocycles. The first-order chi connectivity index (χ1) is 9.72. The summed E-state index contributed by atoms with van der Waals surface area (Å²) in [5.74, 6) is 1.87. The van der Waals surface area contributed by atoms with Crippen molar-refractivity contribution in [2.75, 3.05) is 23.3 Å². The average Bonchev–Trinajstić information content (AvgIpc) is 2.97. The van der Waals surface area contributed by atoms with Crippen molar-refractivity contribution in [1.29, 1.82) is 0 Å². The van der Waals surface area contributed by atoms with E-state index in [1.807, 2.05) is 6.07 Å². The fourth-order valence-electron chi connectivity index (χ4n) is 2.50. The summed E-state index contributed by atoms with van der Waals surface area (Å²) < 4.78 is 0. The minimum Gasteiger partial charge on any atom is -0.356 e. The molecule has 0 bridgehead atoms. The number of benzene rings is 1. The molecule has 0 amide bonds. The van der Waals surface area contributed by atoms with Gasteiger partial charge >= 0.3 is 0 Å². The molecule has 1 aromatic heterocycles. The van der Waals surface area contributed by atoms with Crippen LogP contribution in [0.15, 0.2) is 30.6 Å². The summed E-state index contributed by atoms with van der Waals surface area (Å²) in [6.45, 7) is 6.44. The molecule has 1 saturated heterocycles. The first-order valence-corrected chi connectivity index (χ1v) is 7.14. The van der Waals surface area contributed by atoms with Crippen molar-refractivity contribution in [1.82, 2.24) is 9.97 Å². The zero-order valence-corrected chi connectivity index (χ0v) is 12.1. The third-order valence-electron chi connectivity index (χ3n) is 3.86. The Labute approximate surface area is 119 Å². The minimum atomic E-state index is 0.852. The summed E-state index contributed by atoms with van der Waals surface area (Å²) >= 11 is 0. The van der Waals surface area contributed by atoms with Crippen LogP contribution in [0.3, 0.4) is 0 Å². The topological polar surface area (TPSA) is 41.0 Å². The molecule has 0 aliphatic carbocycles. The molecule has 1 aromatic carbocycles. The zero-order valence-electron chi connectivity index (χ0n) is 12.1. The van der Waals surface area contributed by atoms with E-state index < -0.39 is 0 Å². The van der Waals surface area contributed by atoms with Crippen molar-refractivity contribution in [3.05, 3.63) is 41.7 Å². The lowest BCUT2D eigenvalue weighted by Crippen LogP contribution is -2.19. The van der Waals surface area contributed by atoms with Gasteiger partial charge in [0, 0.05) is 24.8 Å². The van der Waals surface area contributed by atoms with E-state index in [1.165, 1.54) is 24.0 Å². The van der Waals surface area contributed by atoms with Crippen molar-refractivity contribution in [3.8, 4) is 0 Å². The Bertz CT molecular complexity index is 603. The molecule has 4 nitrogen and oxygen atoms in total. The summed E-state index contributed by atoms with van der Waals surface area (Å²) in [6, 6.07) is 8.38. The van der Waals surface area contributed by atoms with Gasteiger partial charge in [-0.1, -0.05) is 6.07 Å². The molecule has 1 N–H and O–H groups in total. The van der Waals surface area contributed by atoms with Crippen LogP contribution in [0.4, 0.5) is 17.3 Å². The average molecular weight is 268 g/mol. The molecule has 104 valence electrons. The van der Waals surface area contributed by atoms with Gasteiger partial charge in [0.2, 0.25) is 0 Å². The van der Waals surface area contributed by atoms with E-state index in [2.05, 4.69) is 52.2 Å². The van der Waals surface area contributed by atoms with Gasteiger partial charge in [0.1, 0.15) is 18.0 Å².